The molecule has 2 aromatic heterocycles. The highest BCUT2D eigenvalue weighted by Gasteiger charge is 2.22. The molecule has 0 aliphatic carbocycles. The van der Waals surface area contributed by atoms with Crippen molar-refractivity contribution in [2.24, 2.45) is 7.05 Å². The Bertz CT molecular complexity index is 828. The fraction of sp³-hybridized carbons (Fsp3) is 0.0909. The number of benzene rings is 1. The zero-order valence-corrected chi connectivity index (χ0v) is 16.3. The van der Waals surface area contributed by atoms with E-state index in [1.165, 1.54) is 4.80 Å². The molecule has 0 saturated carbocycles. The average molecular weight is 547 g/mol. The third-order valence-corrected chi connectivity index (χ3v) is 5.24. The van der Waals surface area contributed by atoms with Crippen LogP contribution in [0.4, 0.5) is 0 Å². The van der Waals surface area contributed by atoms with E-state index in [0.29, 0.717) is 21.6 Å². The summed E-state index contributed by atoms with van der Waals surface area (Å²) in [6.07, 6.45) is 0. The number of hydrogen-bond acceptors (Lipinski definition) is 4. The number of halogens is 4. The molecule has 0 bridgehead atoms. The summed E-state index contributed by atoms with van der Waals surface area (Å²) in [5.41, 5.74) is 1.53. The number of rotatable bonds is 2. The highest BCUT2D eigenvalue weighted by Crippen LogP contribution is 2.33. The summed E-state index contributed by atoms with van der Waals surface area (Å²) in [5, 5.41) is 17.5. The predicted octanol–water partition coefficient (Wildman–Crippen LogP) is 3.58. The first kappa shape index (κ1) is 15.4. The van der Waals surface area contributed by atoms with Crippen molar-refractivity contribution < 1.29 is 0 Å². The molecule has 1 aromatic carbocycles. The van der Waals surface area contributed by atoms with E-state index in [1.54, 1.807) is 17.8 Å². The van der Waals surface area contributed by atoms with E-state index in [1.807, 2.05) is 12.1 Å². The topological polar surface area (TPSA) is 61.4 Å². The van der Waals surface area contributed by atoms with Gasteiger partial charge in [-0.05, 0) is 62.5 Å². The van der Waals surface area contributed by atoms with Gasteiger partial charge < -0.3 is 0 Å². The molecule has 0 amide bonds. The Balaban J connectivity index is 2.21. The van der Waals surface area contributed by atoms with E-state index in [4.69, 9.17) is 23.2 Å². The van der Waals surface area contributed by atoms with Crippen LogP contribution in [-0.2, 0) is 7.05 Å². The molecule has 2 heterocycles. The Labute approximate surface area is 157 Å². The summed E-state index contributed by atoms with van der Waals surface area (Å²) in [6, 6.07) is 5.42. The molecule has 0 radical (unpaired) electrons. The second kappa shape index (κ2) is 5.97. The van der Waals surface area contributed by atoms with Gasteiger partial charge in [0.05, 0.1) is 28.3 Å². The Kier molecular flexibility index (Phi) is 4.39. The molecule has 0 aliphatic heterocycles. The molecule has 21 heavy (non-hydrogen) atoms. The molecule has 10 heteroatoms. The van der Waals surface area contributed by atoms with Crippen molar-refractivity contribution in [3.05, 3.63) is 35.6 Å². The first-order valence-electron chi connectivity index (χ1n) is 5.62. The molecule has 0 aliphatic rings. The molecule has 0 spiro atoms. The van der Waals surface area contributed by atoms with Crippen molar-refractivity contribution in [3.63, 3.8) is 0 Å². The van der Waals surface area contributed by atoms with E-state index in [0.717, 1.165) is 13.0 Å². The summed E-state index contributed by atoms with van der Waals surface area (Å²) < 4.78 is 3.33. The van der Waals surface area contributed by atoms with Gasteiger partial charge in [0, 0.05) is 0 Å². The van der Waals surface area contributed by atoms with Gasteiger partial charge in [-0.3, -0.25) is 0 Å². The van der Waals surface area contributed by atoms with E-state index >= 15 is 0 Å². The normalized spacial score (nSPS) is 11.1. The van der Waals surface area contributed by atoms with Crippen LogP contribution >= 0.6 is 68.4 Å². The van der Waals surface area contributed by atoms with Gasteiger partial charge >= 0.3 is 0 Å². The molecule has 0 saturated heterocycles. The number of aryl methyl sites for hydroxylation is 1. The quantitative estimate of drug-likeness (QED) is 0.461. The van der Waals surface area contributed by atoms with Gasteiger partial charge in [0.2, 0.25) is 5.82 Å². The molecule has 108 valence electrons. The van der Waals surface area contributed by atoms with Crippen LogP contribution in [0.15, 0.2) is 18.2 Å². The SMILES string of the molecule is Cn1nnc(-c2c(I)nn(-c3cccc(Cl)c3Cl)c2I)n1. The number of hydrogen-bond donors (Lipinski definition) is 0. The van der Waals surface area contributed by atoms with Crippen LogP contribution in [0.25, 0.3) is 17.1 Å². The lowest BCUT2D eigenvalue weighted by atomic mass is 10.3. The largest absolute Gasteiger partial charge is 0.224 e. The van der Waals surface area contributed by atoms with Crippen LogP contribution in [0.5, 0.6) is 0 Å². The van der Waals surface area contributed by atoms with Gasteiger partial charge in [-0.15, -0.1) is 10.2 Å². The lowest BCUT2D eigenvalue weighted by Gasteiger charge is -2.07. The first-order chi connectivity index (χ1) is 9.99. The Morgan fingerprint density at radius 2 is 1.90 bits per heavy atom. The van der Waals surface area contributed by atoms with Crippen molar-refractivity contribution in [3.8, 4) is 17.1 Å². The Morgan fingerprint density at radius 3 is 2.57 bits per heavy atom. The molecule has 0 atom stereocenters. The first-order valence-corrected chi connectivity index (χ1v) is 8.53. The third-order valence-electron chi connectivity index (χ3n) is 2.68. The van der Waals surface area contributed by atoms with Gasteiger partial charge in [0.15, 0.2) is 0 Å². The molecular formula is C11H6Cl2I2N6. The summed E-state index contributed by atoms with van der Waals surface area (Å²) in [5.74, 6) is 0.524. The fourth-order valence-electron chi connectivity index (χ4n) is 1.76. The molecule has 0 N–H and O–H groups in total. The van der Waals surface area contributed by atoms with Crippen molar-refractivity contribution >= 4 is 68.4 Å². The highest BCUT2D eigenvalue weighted by molar-refractivity contribution is 14.1. The zero-order valence-electron chi connectivity index (χ0n) is 10.4. The van der Waals surface area contributed by atoms with Crippen molar-refractivity contribution in [1.82, 2.24) is 30.0 Å². The van der Waals surface area contributed by atoms with Crippen LogP contribution in [0.1, 0.15) is 0 Å². The van der Waals surface area contributed by atoms with Gasteiger partial charge in [-0.2, -0.15) is 9.90 Å². The maximum Gasteiger partial charge on any atom is 0.210 e. The summed E-state index contributed by atoms with van der Waals surface area (Å²) in [7, 11) is 1.72. The minimum atomic E-state index is 0.453. The van der Waals surface area contributed by atoms with Crippen molar-refractivity contribution in [1.29, 1.82) is 0 Å². The minimum Gasteiger partial charge on any atom is -0.224 e. The number of aromatic nitrogens is 6. The van der Waals surface area contributed by atoms with Gasteiger partial charge in [0.25, 0.3) is 0 Å². The zero-order chi connectivity index (χ0) is 15.1. The lowest BCUT2D eigenvalue weighted by molar-refractivity contribution is 0.630. The van der Waals surface area contributed by atoms with Crippen LogP contribution in [0, 0.1) is 7.40 Å². The maximum absolute atomic E-state index is 6.27. The van der Waals surface area contributed by atoms with Crippen molar-refractivity contribution in [2.75, 3.05) is 0 Å². The number of tetrazole rings is 1. The van der Waals surface area contributed by atoms with Crippen LogP contribution in [0.3, 0.4) is 0 Å². The summed E-state index contributed by atoms with van der Waals surface area (Å²) in [4.78, 5) is 1.41. The van der Waals surface area contributed by atoms with E-state index in [9.17, 15) is 0 Å². The van der Waals surface area contributed by atoms with Crippen LogP contribution in [0.2, 0.25) is 10.0 Å². The van der Waals surface area contributed by atoms with E-state index in [2.05, 4.69) is 65.7 Å². The van der Waals surface area contributed by atoms with Crippen LogP contribution < -0.4 is 0 Å². The lowest BCUT2D eigenvalue weighted by Crippen LogP contribution is -2.00. The van der Waals surface area contributed by atoms with Crippen LogP contribution in [-0.4, -0.2) is 30.0 Å². The molecule has 3 aromatic rings. The van der Waals surface area contributed by atoms with Gasteiger partial charge in [-0.25, -0.2) is 4.68 Å². The second-order valence-electron chi connectivity index (χ2n) is 4.04. The van der Waals surface area contributed by atoms with E-state index < -0.39 is 0 Å². The second-order valence-corrected chi connectivity index (χ2v) is 6.87. The molecular weight excluding hydrogens is 541 g/mol. The molecule has 6 nitrogen and oxygen atoms in total. The Hall–Kier alpha value is -0.460. The average Bonchev–Trinajstić information content (AvgIpc) is 2.97. The highest BCUT2D eigenvalue weighted by atomic mass is 127. The summed E-state index contributed by atoms with van der Waals surface area (Å²) in [6.45, 7) is 0. The Morgan fingerprint density at radius 1 is 1.14 bits per heavy atom. The standard InChI is InChI=1S/C11H6Cl2I2N6/c1-20-18-11(16-19-20)7-9(14)17-21(10(7)15)6-4-2-3-5(12)8(6)13/h2-4H,1H3. The fourth-order valence-corrected chi connectivity index (χ4v) is 4.23. The smallest absolute Gasteiger partial charge is 0.210 e. The van der Waals surface area contributed by atoms with Gasteiger partial charge in [0.1, 0.15) is 7.40 Å². The number of nitrogens with zero attached hydrogens (tertiary/aromatic N) is 6. The van der Waals surface area contributed by atoms with Gasteiger partial charge in [-0.1, -0.05) is 29.3 Å². The minimum absolute atomic E-state index is 0.453. The predicted molar refractivity (Wildman–Crippen MR) is 96.8 cm³/mol. The van der Waals surface area contributed by atoms with E-state index in [-0.39, 0.29) is 0 Å². The monoisotopic (exact) mass is 546 g/mol. The molecule has 0 unspecified atom stereocenters. The molecule has 3 rings (SSSR count). The molecule has 0 fully saturated rings. The summed E-state index contributed by atoms with van der Waals surface area (Å²) >= 11 is 16.7. The van der Waals surface area contributed by atoms with Crippen molar-refractivity contribution in [2.45, 2.75) is 0 Å². The third kappa shape index (κ3) is 2.78. The maximum atomic E-state index is 6.27.